The zero-order valence-corrected chi connectivity index (χ0v) is 7.54. The maximum Gasteiger partial charge on any atom is 1.00 e. The molecule has 0 heterocycles. The molecule has 4 heavy (non-hydrogen) atoms. The molecule has 1 nitrogen and oxygen atoms in total. The summed E-state index contributed by atoms with van der Waals surface area (Å²) in [4.78, 5) is 0. The summed E-state index contributed by atoms with van der Waals surface area (Å²) < 4.78 is 7.72. The van der Waals surface area contributed by atoms with Gasteiger partial charge in [0.05, 0.1) is 0 Å². The van der Waals surface area contributed by atoms with Crippen LogP contribution in [0.1, 0.15) is 0 Å². The molecule has 14 valence electrons. The van der Waals surface area contributed by atoms with Crippen LogP contribution in [-0.4, -0.2) is 0 Å². The molecule has 0 bridgehead atoms. The van der Waals surface area contributed by atoms with Crippen molar-refractivity contribution in [3.63, 3.8) is 0 Å². The van der Waals surface area contributed by atoms with Crippen molar-refractivity contribution in [1.29, 1.82) is 0 Å². The van der Waals surface area contributed by atoms with Crippen molar-refractivity contribution in [2.45, 2.75) is 0 Å². The van der Waals surface area contributed by atoms with Gasteiger partial charge in [-0.2, -0.15) is 0 Å². The van der Waals surface area contributed by atoms with Crippen LogP contribution in [0.2, 0.25) is 0 Å². The molecule has 0 aliphatic rings. The van der Waals surface area contributed by atoms with Crippen molar-refractivity contribution in [3.05, 3.63) is 0 Å². The summed E-state index contributed by atoms with van der Waals surface area (Å²) >= 11 is 3.39. The van der Waals surface area contributed by atoms with Gasteiger partial charge in [0.2, 0.25) is 0 Å². The molecule has 0 N–H and O–H groups in total. The van der Waals surface area contributed by atoms with Crippen LogP contribution in [0.4, 0.5) is 0 Å². The molecule has 0 rings (SSSR count). The van der Waals surface area contributed by atoms with E-state index in [2.05, 4.69) is 11.9 Å². The summed E-state index contributed by atoms with van der Waals surface area (Å²) in [5, 5.41) is 0. The smallest absolute Gasteiger partial charge is 0.769 e. The van der Waals surface area contributed by atoms with E-state index >= 15 is 0 Å². The molecule has 0 fully saturated rings. The van der Waals surface area contributed by atoms with Gasteiger partial charge in [-0.25, -0.2) is 11.9 Å². The van der Waals surface area contributed by atoms with Crippen LogP contribution in [0, 0.1) is 0 Å². The fraction of sp³-hybridized carbons (Fsp3) is 0. The largest absolute Gasteiger partial charge is 1.00 e. The summed E-state index contributed by atoms with van der Waals surface area (Å²) in [5.74, 6) is 0. The van der Waals surface area contributed by atoms with E-state index in [1.165, 1.54) is 0 Å². The fourth-order valence-electron chi connectivity index (χ4n) is 0. The number of hydrogen-bond acceptors (Lipinski definition) is 1. The standard InChI is InChI=1S/ClO.2Na/c1-2;;/q-1;2*+1. The van der Waals surface area contributed by atoms with Crippen molar-refractivity contribution in [1.82, 2.24) is 0 Å². The molecule has 0 aromatic heterocycles. The van der Waals surface area contributed by atoms with Gasteiger partial charge in [0, 0.05) is 0 Å². The van der Waals surface area contributed by atoms with Crippen molar-refractivity contribution in [2.24, 2.45) is 0 Å². The normalized spacial score (nSPS) is 1.50. The molecule has 0 atom stereocenters. The monoisotopic (exact) mass is 96.9 g/mol. The molecule has 0 spiro atoms. The maximum atomic E-state index is 7.72. The van der Waals surface area contributed by atoms with Crippen LogP contribution in [0.25, 0.3) is 0 Å². The van der Waals surface area contributed by atoms with Crippen LogP contribution in [0.3, 0.4) is 0 Å². The van der Waals surface area contributed by atoms with Crippen LogP contribution in [0.15, 0.2) is 0 Å². The molecule has 0 saturated carbocycles. The predicted octanol–water partition coefficient (Wildman–Crippen LogP) is -6.49. The third kappa shape index (κ3) is 8.87. The Labute approximate surface area is 74.5 Å². The average Bonchev–Trinajstić information content (AvgIpc) is 1.00. The maximum absolute atomic E-state index is 7.72. The molecule has 0 aromatic carbocycles. The van der Waals surface area contributed by atoms with E-state index in [1.54, 1.807) is 0 Å². The van der Waals surface area contributed by atoms with E-state index in [4.69, 9.17) is 4.66 Å². The van der Waals surface area contributed by atoms with E-state index in [0.717, 1.165) is 0 Å². The Bertz CT molecular complexity index is 6.00. The van der Waals surface area contributed by atoms with Crippen molar-refractivity contribution < 1.29 is 63.8 Å². The minimum absolute atomic E-state index is 0. The summed E-state index contributed by atoms with van der Waals surface area (Å²) in [6.07, 6.45) is 0. The Morgan fingerprint density at radius 2 is 1.00 bits per heavy atom. The summed E-state index contributed by atoms with van der Waals surface area (Å²) in [6.45, 7) is 0. The molecule has 0 amide bonds. The Morgan fingerprint density at radius 1 is 1.00 bits per heavy atom. The fourth-order valence-corrected chi connectivity index (χ4v) is 0. The first-order chi connectivity index (χ1) is 1.00. The van der Waals surface area contributed by atoms with Crippen LogP contribution in [0.5, 0.6) is 0 Å². The molecule has 0 aliphatic heterocycles. The SMILES string of the molecule is [Na+].[Na+].[O-]Cl. The minimum atomic E-state index is 0. The van der Waals surface area contributed by atoms with Gasteiger partial charge < -0.3 is 4.66 Å². The van der Waals surface area contributed by atoms with E-state index in [0.29, 0.717) is 0 Å². The third-order valence-electron chi connectivity index (χ3n) is 0. The van der Waals surface area contributed by atoms with E-state index < -0.39 is 0 Å². The minimum Gasteiger partial charge on any atom is -0.769 e. The van der Waals surface area contributed by atoms with Crippen LogP contribution in [-0.2, 0) is 0 Å². The average molecular weight is 97.4 g/mol. The van der Waals surface area contributed by atoms with Crippen molar-refractivity contribution >= 4 is 11.9 Å². The molecular weight excluding hydrogens is 97.4 g/mol. The van der Waals surface area contributed by atoms with E-state index in [9.17, 15) is 0 Å². The second kappa shape index (κ2) is 18.7. The first-order valence-electron chi connectivity index (χ1n) is 0.154. The molecule has 0 saturated heterocycles. The second-order valence-corrected chi connectivity index (χ2v) is 0. The molecule has 0 unspecified atom stereocenters. The quantitative estimate of drug-likeness (QED) is 0.276. The summed E-state index contributed by atoms with van der Waals surface area (Å²) in [7, 11) is 0. The van der Waals surface area contributed by atoms with Crippen LogP contribution < -0.4 is 63.8 Å². The number of hydrogen-bond donors (Lipinski definition) is 0. The molecule has 0 radical (unpaired) electrons. The summed E-state index contributed by atoms with van der Waals surface area (Å²) in [5.41, 5.74) is 0. The van der Waals surface area contributed by atoms with Gasteiger partial charge in [-0.15, -0.1) is 0 Å². The molecule has 4 heteroatoms. The Morgan fingerprint density at radius 3 is 1.00 bits per heavy atom. The van der Waals surface area contributed by atoms with Gasteiger partial charge in [-0.1, -0.05) is 0 Å². The molecular formula is ClNa2O+. The van der Waals surface area contributed by atoms with Gasteiger partial charge >= 0.3 is 59.1 Å². The van der Waals surface area contributed by atoms with E-state index in [-0.39, 0.29) is 59.1 Å². The van der Waals surface area contributed by atoms with Gasteiger partial charge in [-0.3, -0.25) is 0 Å². The summed E-state index contributed by atoms with van der Waals surface area (Å²) in [6, 6.07) is 0. The Balaban J connectivity index is -0.00000000500. The second-order valence-electron chi connectivity index (χ2n) is 0. The van der Waals surface area contributed by atoms with Crippen LogP contribution >= 0.6 is 11.9 Å². The van der Waals surface area contributed by atoms with Gasteiger partial charge in [0.25, 0.3) is 0 Å². The van der Waals surface area contributed by atoms with Gasteiger partial charge in [0.15, 0.2) is 0 Å². The topological polar surface area (TPSA) is 23.1 Å². The van der Waals surface area contributed by atoms with Gasteiger partial charge in [0.1, 0.15) is 0 Å². The number of halogens is 1. The Hall–Kier alpha value is 2.25. The van der Waals surface area contributed by atoms with Gasteiger partial charge in [-0.05, 0) is 0 Å². The van der Waals surface area contributed by atoms with Crippen molar-refractivity contribution in [3.8, 4) is 0 Å². The third-order valence-corrected chi connectivity index (χ3v) is 0. The first-order valence-corrected chi connectivity index (χ1v) is 0.463. The molecule has 0 aromatic rings. The zero-order valence-electron chi connectivity index (χ0n) is 2.79. The van der Waals surface area contributed by atoms with Crippen molar-refractivity contribution in [2.75, 3.05) is 0 Å². The predicted molar refractivity (Wildman–Crippen MR) is 5.85 cm³/mol. The first kappa shape index (κ1) is 16.3. The molecule has 0 aliphatic carbocycles. The zero-order chi connectivity index (χ0) is 2.00. The number of rotatable bonds is 0. The Kier molecular flexibility index (Phi) is 76.4. The van der Waals surface area contributed by atoms with E-state index in [1.807, 2.05) is 0 Å².